The highest BCUT2D eigenvalue weighted by Crippen LogP contribution is 2.38. The summed E-state index contributed by atoms with van der Waals surface area (Å²) in [6.07, 6.45) is 1.68. The van der Waals surface area contributed by atoms with E-state index in [0.29, 0.717) is 17.2 Å². The van der Waals surface area contributed by atoms with Crippen LogP contribution in [0, 0.1) is 6.92 Å². The fourth-order valence-electron chi connectivity index (χ4n) is 1.76. The van der Waals surface area contributed by atoms with Gasteiger partial charge in [0, 0.05) is 6.20 Å². The van der Waals surface area contributed by atoms with Crippen molar-refractivity contribution in [3.05, 3.63) is 35.2 Å². The lowest BCUT2D eigenvalue weighted by Crippen LogP contribution is -1.97. The molecule has 0 aliphatic carbocycles. The van der Waals surface area contributed by atoms with Gasteiger partial charge in [0.2, 0.25) is 5.28 Å². The Morgan fingerprint density at radius 3 is 2.28 bits per heavy atom. The fourth-order valence-corrected chi connectivity index (χ4v) is 1.89. The highest BCUT2D eigenvalue weighted by Gasteiger charge is 2.16. The van der Waals surface area contributed by atoms with Gasteiger partial charge in [0.25, 0.3) is 0 Å². The molecule has 1 aromatic heterocycles. The molecule has 0 saturated heterocycles. The molecule has 94 valence electrons. The summed E-state index contributed by atoms with van der Waals surface area (Å²) >= 11 is 5.85. The van der Waals surface area contributed by atoms with Crippen LogP contribution in [0.2, 0.25) is 5.28 Å². The van der Waals surface area contributed by atoms with Crippen molar-refractivity contribution in [2.24, 2.45) is 0 Å². The number of ether oxygens (including phenoxy) is 2. The molecule has 1 aromatic carbocycles. The van der Waals surface area contributed by atoms with Gasteiger partial charge in [-0.2, -0.15) is 0 Å². The van der Waals surface area contributed by atoms with Crippen LogP contribution in [-0.4, -0.2) is 24.2 Å². The van der Waals surface area contributed by atoms with Gasteiger partial charge in [0.05, 0.1) is 25.5 Å². The predicted molar refractivity (Wildman–Crippen MR) is 70.3 cm³/mol. The van der Waals surface area contributed by atoms with E-state index in [4.69, 9.17) is 21.1 Å². The van der Waals surface area contributed by atoms with Crippen molar-refractivity contribution in [3.63, 3.8) is 0 Å². The van der Waals surface area contributed by atoms with Gasteiger partial charge < -0.3 is 9.47 Å². The van der Waals surface area contributed by atoms with Crippen molar-refractivity contribution in [1.29, 1.82) is 0 Å². The molecule has 0 unspecified atom stereocenters. The van der Waals surface area contributed by atoms with Crippen LogP contribution < -0.4 is 9.47 Å². The van der Waals surface area contributed by atoms with Crippen LogP contribution >= 0.6 is 11.6 Å². The van der Waals surface area contributed by atoms with E-state index in [0.717, 1.165) is 11.1 Å². The second kappa shape index (κ2) is 5.23. The van der Waals surface area contributed by atoms with Gasteiger partial charge in [-0.3, -0.25) is 0 Å². The summed E-state index contributed by atoms with van der Waals surface area (Å²) < 4.78 is 10.7. The Morgan fingerprint density at radius 2 is 1.72 bits per heavy atom. The first-order chi connectivity index (χ1) is 8.67. The molecule has 0 amide bonds. The largest absolute Gasteiger partial charge is 0.496 e. The SMILES string of the molecule is COc1cccc(OC)c1-c1nc(Cl)ncc1C. The van der Waals surface area contributed by atoms with Gasteiger partial charge in [-0.25, -0.2) is 9.97 Å². The van der Waals surface area contributed by atoms with E-state index in [1.54, 1.807) is 20.4 Å². The standard InChI is InChI=1S/C13H13ClN2O2/c1-8-7-15-13(14)16-12(8)11-9(17-2)5-4-6-10(11)18-3/h4-7H,1-3H3. The summed E-state index contributed by atoms with van der Waals surface area (Å²) in [6, 6.07) is 5.57. The second-order valence-corrected chi connectivity index (χ2v) is 4.05. The summed E-state index contributed by atoms with van der Waals surface area (Å²) in [6.45, 7) is 1.91. The van der Waals surface area contributed by atoms with E-state index in [-0.39, 0.29) is 5.28 Å². The van der Waals surface area contributed by atoms with Crippen molar-refractivity contribution in [3.8, 4) is 22.8 Å². The van der Waals surface area contributed by atoms with E-state index in [9.17, 15) is 0 Å². The number of benzene rings is 1. The predicted octanol–water partition coefficient (Wildman–Crippen LogP) is 3.12. The quantitative estimate of drug-likeness (QED) is 0.799. The fraction of sp³-hybridized carbons (Fsp3) is 0.231. The first-order valence-electron chi connectivity index (χ1n) is 5.38. The van der Waals surface area contributed by atoms with E-state index in [2.05, 4.69) is 9.97 Å². The van der Waals surface area contributed by atoms with Gasteiger partial charge in [-0.1, -0.05) is 6.07 Å². The number of halogens is 1. The van der Waals surface area contributed by atoms with Crippen molar-refractivity contribution < 1.29 is 9.47 Å². The van der Waals surface area contributed by atoms with Gasteiger partial charge in [0.1, 0.15) is 11.5 Å². The maximum Gasteiger partial charge on any atom is 0.222 e. The van der Waals surface area contributed by atoms with Crippen LogP contribution in [-0.2, 0) is 0 Å². The lowest BCUT2D eigenvalue weighted by molar-refractivity contribution is 0.397. The molecule has 2 aromatic rings. The monoisotopic (exact) mass is 264 g/mol. The van der Waals surface area contributed by atoms with Crippen LogP contribution in [0.5, 0.6) is 11.5 Å². The number of hydrogen-bond acceptors (Lipinski definition) is 4. The van der Waals surface area contributed by atoms with Crippen LogP contribution in [0.1, 0.15) is 5.56 Å². The molecular formula is C13H13ClN2O2. The van der Waals surface area contributed by atoms with Gasteiger partial charge in [-0.15, -0.1) is 0 Å². The number of aryl methyl sites for hydroxylation is 1. The van der Waals surface area contributed by atoms with Crippen molar-refractivity contribution in [2.75, 3.05) is 14.2 Å². The molecule has 0 N–H and O–H groups in total. The maximum atomic E-state index is 5.85. The van der Waals surface area contributed by atoms with Crippen LogP contribution in [0.4, 0.5) is 0 Å². The average Bonchev–Trinajstić information content (AvgIpc) is 2.40. The molecule has 5 heteroatoms. The normalized spacial score (nSPS) is 10.2. The first-order valence-corrected chi connectivity index (χ1v) is 5.75. The smallest absolute Gasteiger partial charge is 0.222 e. The molecule has 0 saturated carbocycles. The van der Waals surface area contributed by atoms with E-state index in [1.807, 2.05) is 25.1 Å². The molecule has 1 heterocycles. The summed E-state index contributed by atoms with van der Waals surface area (Å²) in [5, 5.41) is 0.198. The zero-order valence-corrected chi connectivity index (χ0v) is 11.2. The van der Waals surface area contributed by atoms with E-state index >= 15 is 0 Å². The molecule has 0 bridgehead atoms. The highest BCUT2D eigenvalue weighted by atomic mass is 35.5. The number of rotatable bonds is 3. The molecule has 0 aliphatic rings. The van der Waals surface area contributed by atoms with Crippen molar-refractivity contribution >= 4 is 11.6 Å². The minimum Gasteiger partial charge on any atom is -0.496 e. The minimum absolute atomic E-state index is 0.198. The third-order valence-electron chi connectivity index (χ3n) is 2.61. The summed E-state index contributed by atoms with van der Waals surface area (Å²) in [5.41, 5.74) is 2.40. The third kappa shape index (κ3) is 2.24. The molecule has 0 aliphatic heterocycles. The highest BCUT2D eigenvalue weighted by molar-refractivity contribution is 6.28. The van der Waals surface area contributed by atoms with Gasteiger partial charge in [-0.05, 0) is 36.2 Å². The van der Waals surface area contributed by atoms with Crippen molar-refractivity contribution in [2.45, 2.75) is 6.92 Å². The topological polar surface area (TPSA) is 44.2 Å². The summed E-state index contributed by atoms with van der Waals surface area (Å²) in [4.78, 5) is 8.20. The second-order valence-electron chi connectivity index (χ2n) is 3.71. The molecular weight excluding hydrogens is 252 g/mol. The molecule has 0 spiro atoms. The summed E-state index contributed by atoms with van der Waals surface area (Å²) in [5.74, 6) is 1.37. The zero-order valence-electron chi connectivity index (χ0n) is 10.4. The summed E-state index contributed by atoms with van der Waals surface area (Å²) in [7, 11) is 3.22. The Bertz CT molecular complexity index is 551. The van der Waals surface area contributed by atoms with Gasteiger partial charge in [0.15, 0.2) is 0 Å². The Labute approximate surface area is 111 Å². The number of aromatic nitrogens is 2. The molecule has 0 radical (unpaired) electrons. The Kier molecular flexibility index (Phi) is 3.67. The Morgan fingerprint density at radius 1 is 1.11 bits per heavy atom. The minimum atomic E-state index is 0.198. The molecule has 4 nitrogen and oxygen atoms in total. The molecule has 2 rings (SSSR count). The number of methoxy groups -OCH3 is 2. The number of hydrogen-bond donors (Lipinski definition) is 0. The number of nitrogens with zero attached hydrogens (tertiary/aromatic N) is 2. The molecule has 18 heavy (non-hydrogen) atoms. The van der Waals surface area contributed by atoms with E-state index in [1.165, 1.54) is 0 Å². The maximum absolute atomic E-state index is 5.85. The molecule has 0 atom stereocenters. The lowest BCUT2D eigenvalue weighted by Gasteiger charge is -2.13. The van der Waals surface area contributed by atoms with E-state index < -0.39 is 0 Å². The lowest BCUT2D eigenvalue weighted by atomic mass is 10.1. The average molecular weight is 265 g/mol. The van der Waals surface area contributed by atoms with Crippen LogP contribution in [0.3, 0.4) is 0 Å². The van der Waals surface area contributed by atoms with Crippen LogP contribution in [0.25, 0.3) is 11.3 Å². The van der Waals surface area contributed by atoms with Gasteiger partial charge >= 0.3 is 0 Å². The van der Waals surface area contributed by atoms with Crippen molar-refractivity contribution in [1.82, 2.24) is 9.97 Å². The molecule has 0 fully saturated rings. The van der Waals surface area contributed by atoms with Crippen LogP contribution in [0.15, 0.2) is 24.4 Å². The Balaban J connectivity index is 2.72. The first kappa shape index (κ1) is 12.6. The zero-order chi connectivity index (χ0) is 13.1. The third-order valence-corrected chi connectivity index (χ3v) is 2.79. The Hall–Kier alpha value is -1.81.